The SMILES string of the molecule is C=C[C@H](CCC(C)(C)O)[C@@]1(N=C)CCC2C3CCC4C[C@](C)(O)CC[C@]4(C)C3CC[C@@]21C. The van der Waals surface area contributed by atoms with Crippen molar-refractivity contribution >= 4 is 6.72 Å². The Morgan fingerprint density at radius 3 is 2.34 bits per heavy atom. The molecule has 0 radical (unpaired) electrons. The van der Waals surface area contributed by atoms with Gasteiger partial charge in [-0.2, -0.15) is 0 Å². The molecule has 182 valence electrons. The van der Waals surface area contributed by atoms with E-state index in [-0.39, 0.29) is 16.9 Å². The van der Waals surface area contributed by atoms with E-state index in [1.165, 1.54) is 38.5 Å². The first-order chi connectivity index (χ1) is 14.8. The summed E-state index contributed by atoms with van der Waals surface area (Å²) < 4.78 is 0. The predicted molar refractivity (Wildman–Crippen MR) is 134 cm³/mol. The Morgan fingerprint density at radius 1 is 1.03 bits per heavy atom. The number of aliphatic imine (C=N–C) groups is 1. The Kier molecular flexibility index (Phi) is 6.07. The highest BCUT2D eigenvalue weighted by Gasteiger charge is 2.66. The second-order valence-corrected chi connectivity index (χ2v) is 13.6. The highest BCUT2D eigenvalue weighted by atomic mass is 16.3. The lowest BCUT2D eigenvalue weighted by atomic mass is 9.43. The molecule has 4 unspecified atom stereocenters. The standard InChI is InChI=1S/C29H49NO2/c1-8-20(11-14-25(2,3)31)29(30-7)16-13-24-22-10-9-21-19-26(4,32)17-18-27(21,5)23(22)12-15-28(24,29)6/h8,20-24,31-32H,1,7,9-19H2,2-6H3/t20-,21?,22?,23?,24?,26-,27+,28+,29+/m1/s1. The van der Waals surface area contributed by atoms with Crippen LogP contribution in [0.1, 0.15) is 105 Å². The molecule has 4 aliphatic carbocycles. The van der Waals surface area contributed by atoms with Crippen LogP contribution in [0.3, 0.4) is 0 Å². The van der Waals surface area contributed by atoms with Gasteiger partial charge in [-0.3, -0.25) is 4.99 Å². The topological polar surface area (TPSA) is 52.8 Å². The molecule has 0 saturated heterocycles. The van der Waals surface area contributed by atoms with Crippen LogP contribution in [0, 0.1) is 40.4 Å². The van der Waals surface area contributed by atoms with Crippen molar-refractivity contribution in [3.8, 4) is 0 Å². The molecule has 0 heterocycles. The first-order valence-electron chi connectivity index (χ1n) is 13.4. The summed E-state index contributed by atoms with van der Waals surface area (Å²) >= 11 is 0. The average Bonchev–Trinajstić information content (AvgIpc) is 3.01. The van der Waals surface area contributed by atoms with Gasteiger partial charge in [0.15, 0.2) is 0 Å². The van der Waals surface area contributed by atoms with Gasteiger partial charge in [0, 0.05) is 5.92 Å². The summed E-state index contributed by atoms with van der Waals surface area (Å²) in [5.74, 6) is 3.22. The minimum absolute atomic E-state index is 0.149. The fourth-order valence-electron chi connectivity index (χ4n) is 9.53. The second kappa shape index (κ2) is 7.94. The van der Waals surface area contributed by atoms with Crippen LogP contribution < -0.4 is 0 Å². The van der Waals surface area contributed by atoms with Crippen LogP contribution in [-0.4, -0.2) is 33.7 Å². The van der Waals surface area contributed by atoms with E-state index < -0.39 is 11.2 Å². The van der Waals surface area contributed by atoms with Gasteiger partial charge < -0.3 is 10.2 Å². The monoisotopic (exact) mass is 443 g/mol. The summed E-state index contributed by atoms with van der Waals surface area (Å²) in [6, 6.07) is 0. The number of nitrogens with zero attached hydrogens (tertiary/aromatic N) is 1. The lowest BCUT2D eigenvalue weighted by Crippen LogP contribution is -2.58. The molecule has 9 atom stereocenters. The van der Waals surface area contributed by atoms with E-state index >= 15 is 0 Å². The van der Waals surface area contributed by atoms with Crippen molar-refractivity contribution < 1.29 is 10.2 Å². The molecule has 0 spiro atoms. The van der Waals surface area contributed by atoms with Crippen molar-refractivity contribution in [3.63, 3.8) is 0 Å². The molecule has 3 nitrogen and oxygen atoms in total. The predicted octanol–water partition coefficient (Wildman–Crippen LogP) is 6.57. The fraction of sp³-hybridized carbons (Fsp3) is 0.897. The Labute approximate surface area is 197 Å². The normalized spacial score (nSPS) is 49.5. The molecular weight excluding hydrogens is 394 g/mol. The Balaban J connectivity index is 1.61. The molecule has 0 aromatic heterocycles. The molecule has 0 aromatic rings. The molecular formula is C29H49NO2. The van der Waals surface area contributed by atoms with E-state index in [9.17, 15) is 10.2 Å². The zero-order valence-electron chi connectivity index (χ0n) is 21.5. The van der Waals surface area contributed by atoms with Crippen molar-refractivity contribution in [1.82, 2.24) is 0 Å². The summed E-state index contributed by atoms with van der Waals surface area (Å²) in [4.78, 5) is 4.97. The van der Waals surface area contributed by atoms with Crippen LogP contribution >= 0.6 is 0 Å². The van der Waals surface area contributed by atoms with Crippen LogP contribution in [0.25, 0.3) is 0 Å². The van der Waals surface area contributed by atoms with Crippen LogP contribution in [0.15, 0.2) is 17.6 Å². The van der Waals surface area contributed by atoms with E-state index in [4.69, 9.17) is 4.99 Å². The van der Waals surface area contributed by atoms with E-state index in [1.54, 1.807) is 0 Å². The fourth-order valence-corrected chi connectivity index (χ4v) is 9.53. The lowest BCUT2D eigenvalue weighted by molar-refractivity contribution is -0.149. The lowest BCUT2D eigenvalue weighted by Gasteiger charge is -2.63. The van der Waals surface area contributed by atoms with Gasteiger partial charge >= 0.3 is 0 Å². The quantitative estimate of drug-likeness (QED) is 0.360. The summed E-state index contributed by atoms with van der Waals surface area (Å²) in [5.41, 5.74) is -0.720. The largest absolute Gasteiger partial charge is 0.390 e. The number of fused-ring (bicyclic) bond motifs is 5. The highest BCUT2D eigenvalue weighted by Crippen LogP contribution is 2.70. The summed E-state index contributed by atoms with van der Waals surface area (Å²) in [7, 11) is 0. The smallest absolute Gasteiger partial charge is 0.0719 e. The third-order valence-corrected chi connectivity index (χ3v) is 11.4. The van der Waals surface area contributed by atoms with Gasteiger partial charge in [-0.05, 0) is 133 Å². The second-order valence-electron chi connectivity index (χ2n) is 13.6. The zero-order chi connectivity index (χ0) is 23.6. The van der Waals surface area contributed by atoms with Gasteiger partial charge in [-0.1, -0.05) is 19.9 Å². The zero-order valence-corrected chi connectivity index (χ0v) is 21.5. The molecule has 2 N–H and O–H groups in total. The van der Waals surface area contributed by atoms with E-state index in [2.05, 4.69) is 40.1 Å². The van der Waals surface area contributed by atoms with Gasteiger partial charge in [0.05, 0.1) is 16.7 Å². The van der Waals surface area contributed by atoms with E-state index in [0.717, 1.165) is 43.9 Å². The van der Waals surface area contributed by atoms with Crippen molar-refractivity contribution in [2.45, 2.75) is 122 Å². The van der Waals surface area contributed by atoms with Crippen molar-refractivity contribution in [2.24, 2.45) is 45.4 Å². The third kappa shape index (κ3) is 3.65. The highest BCUT2D eigenvalue weighted by molar-refractivity contribution is 5.32. The number of hydrogen-bond donors (Lipinski definition) is 2. The average molecular weight is 444 g/mol. The molecule has 0 aromatic carbocycles. The van der Waals surface area contributed by atoms with Crippen molar-refractivity contribution in [1.29, 1.82) is 0 Å². The minimum Gasteiger partial charge on any atom is -0.390 e. The van der Waals surface area contributed by atoms with Gasteiger partial charge in [-0.25, -0.2) is 0 Å². The van der Waals surface area contributed by atoms with E-state index in [0.29, 0.717) is 17.3 Å². The molecule has 32 heavy (non-hydrogen) atoms. The third-order valence-electron chi connectivity index (χ3n) is 11.4. The molecule has 0 aliphatic heterocycles. The first-order valence-corrected chi connectivity index (χ1v) is 13.4. The molecule has 4 aliphatic rings. The van der Waals surface area contributed by atoms with E-state index in [1.807, 2.05) is 13.8 Å². The maximum atomic E-state index is 10.8. The number of rotatable bonds is 6. The summed E-state index contributed by atoms with van der Waals surface area (Å²) in [6.45, 7) is 19.4. The minimum atomic E-state index is -0.657. The van der Waals surface area contributed by atoms with Crippen LogP contribution in [-0.2, 0) is 0 Å². The van der Waals surface area contributed by atoms with Crippen LogP contribution in [0.2, 0.25) is 0 Å². The Hall–Kier alpha value is -0.670. The van der Waals surface area contributed by atoms with Gasteiger partial charge in [0.25, 0.3) is 0 Å². The molecule has 4 fully saturated rings. The first kappa shape index (κ1) is 24.5. The molecule has 0 bridgehead atoms. The van der Waals surface area contributed by atoms with Crippen LogP contribution in [0.4, 0.5) is 0 Å². The summed E-state index contributed by atoms with van der Waals surface area (Å²) in [5, 5.41) is 21.2. The van der Waals surface area contributed by atoms with Gasteiger partial charge in [-0.15, -0.1) is 6.58 Å². The van der Waals surface area contributed by atoms with Crippen molar-refractivity contribution in [2.75, 3.05) is 0 Å². The summed E-state index contributed by atoms with van der Waals surface area (Å²) in [6.07, 6.45) is 14.4. The number of aliphatic hydroxyl groups is 2. The number of hydrogen-bond acceptors (Lipinski definition) is 3. The van der Waals surface area contributed by atoms with Crippen molar-refractivity contribution in [3.05, 3.63) is 12.7 Å². The molecule has 4 saturated carbocycles. The van der Waals surface area contributed by atoms with Gasteiger partial charge in [0.1, 0.15) is 0 Å². The Bertz CT molecular complexity index is 738. The molecule has 3 heteroatoms. The maximum absolute atomic E-state index is 10.8. The molecule has 0 amide bonds. The van der Waals surface area contributed by atoms with Gasteiger partial charge in [0.2, 0.25) is 0 Å². The Morgan fingerprint density at radius 2 is 1.72 bits per heavy atom. The maximum Gasteiger partial charge on any atom is 0.0719 e. The van der Waals surface area contributed by atoms with Crippen LogP contribution in [0.5, 0.6) is 0 Å². The molecule has 4 rings (SSSR count).